The lowest BCUT2D eigenvalue weighted by atomic mass is 10.3. The summed E-state index contributed by atoms with van der Waals surface area (Å²) in [6, 6.07) is 8.40. The van der Waals surface area contributed by atoms with Gasteiger partial charge in [0.15, 0.2) is 0 Å². The predicted octanol–water partition coefficient (Wildman–Crippen LogP) is 2.99. The molecule has 0 saturated heterocycles. The third-order valence-corrected chi connectivity index (χ3v) is 1.02. The summed E-state index contributed by atoms with van der Waals surface area (Å²) in [5.41, 5.74) is 0.438. The normalized spacial score (nSPS) is 11.2. The molecule has 1 aromatic carbocycles. The lowest BCUT2D eigenvalue weighted by Crippen LogP contribution is -1.77. The van der Waals surface area contributed by atoms with Gasteiger partial charge in [-0.2, -0.15) is 13.9 Å². The molecule has 0 fully saturated rings. The Labute approximate surface area is 62.6 Å². The molecule has 0 radical (unpaired) electrons. The van der Waals surface area contributed by atoms with E-state index >= 15 is 0 Å². The van der Waals surface area contributed by atoms with E-state index in [2.05, 4.69) is 10.2 Å². The quantitative estimate of drug-likeness (QED) is 0.464. The van der Waals surface area contributed by atoms with Crippen molar-refractivity contribution in [3.63, 3.8) is 0 Å². The molecule has 1 aromatic rings. The Bertz CT molecular complexity index is 233. The average molecular weight is 156 g/mol. The molecule has 0 aliphatic rings. The van der Waals surface area contributed by atoms with Crippen LogP contribution in [0, 0.1) is 0 Å². The summed E-state index contributed by atoms with van der Waals surface area (Å²) in [4.78, 5) is 0. The molecule has 0 bridgehead atoms. The molecule has 0 aliphatic carbocycles. The second kappa shape index (κ2) is 3.75. The minimum absolute atomic E-state index is 0.438. The molecule has 0 aliphatic heterocycles. The zero-order valence-electron chi connectivity index (χ0n) is 5.61. The summed E-state index contributed by atoms with van der Waals surface area (Å²) in [5.74, 6) is 0. The van der Waals surface area contributed by atoms with E-state index in [0.29, 0.717) is 5.69 Å². The Morgan fingerprint density at radius 3 is 2.27 bits per heavy atom. The third kappa shape index (κ3) is 2.84. The maximum atomic E-state index is 11.5. The van der Waals surface area contributed by atoms with Crippen LogP contribution in [0.1, 0.15) is 0 Å². The van der Waals surface area contributed by atoms with Gasteiger partial charge in [-0.25, -0.2) is 0 Å². The van der Waals surface area contributed by atoms with Crippen LogP contribution in [0.3, 0.4) is 0 Å². The fourth-order valence-corrected chi connectivity index (χ4v) is 0.605. The molecule has 0 N–H and O–H groups in total. The first-order valence-corrected chi connectivity index (χ1v) is 3.03. The molecule has 58 valence electrons. The maximum Gasteiger partial charge on any atom is 0.348 e. The van der Waals surface area contributed by atoms with Gasteiger partial charge in [-0.3, -0.25) is 0 Å². The summed E-state index contributed by atoms with van der Waals surface area (Å²) in [7, 11) is 0. The predicted molar refractivity (Wildman–Crippen MR) is 37.0 cm³/mol. The number of nitrogens with zero attached hydrogens (tertiary/aromatic N) is 2. The molecular weight excluding hydrogens is 150 g/mol. The highest BCUT2D eigenvalue weighted by Gasteiger charge is 1.94. The van der Waals surface area contributed by atoms with Gasteiger partial charge >= 0.3 is 6.55 Å². The zero-order chi connectivity index (χ0) is 8.10. The van der Waals surface area contributed by atoms with Crippen molar-refractivity contribution >= 4 is 5.69 Å². The number of benzene rings is 1. The largest absolute Gasteiger partial charge is 0.348 e. The van der Waals surface area contributed by atoms with Gasteiger partial charge in [0.05, 0.1) is 5.69 Å². The summed E-state index contributed by atoms with van der Waals surface area (Å²) < 4.78 is 22.9. The fourth-order valence-electron chi connectivity index (χ4n) is 0.605. The average Bonchev–Trinajstić information content (AvgIpc) is 2.03. The van der Waals surface area contributed by atoms with E-state index in [1.165, 1.54) is 0 Å². The van der Waals surface area contributed by atoms with Gasteiger partial charge in [0.25, 0.3) is 0 Å². The monoisotopic (exact) mass is 156 g/mol. The Balaban J connectivity index is 2.65. The molecule has 0 amide bonds. The first kappa shape index (κ1) is 7.78. The number of halogens is 2. The number of rotatable bonds is 2. The maximum absolute atomic E-state index is 11.5. The lowest BCUT2D eigenvalue weighted by molar-refractivity contribution is 0.151. The van der Waals surface area contributed by atoms with E-state index in [0.717, 1.165) is 0 Å². The van der Waals surface area contributed by atoms with Crippen LogP contribution in [0.25, 0.3) is 0 Å². The number of hydrogen-bond donors (Lipinski definition) is 0. The Morgan fingerprint density at radius 1 is 1.09 bits per heavy atom. The van der Waals surface area contributed by atoms with Gasteiger partial charge in [0, 0.05) is 0 Å². The highest BCUT2D eigenvalue weighted by Crippen LogP contribution is 2.11. The summed E-state index contributed by atoms with van der Waals surface area (Å²) in [6.45, 7) is -2.73. The van der Waals surface area contributed by atoms with Crippen LogP contribution in [0.4, 0.5) is 14.5 Å². The first-order chi connectivity index (χ1) is 5.29. The van der Waals surface area contributed by atoms with E-state index in [9.17, 15) is 8.78 Å². The van der Waals surface area contributed by atoms with Gasteiger partial charge < -0.3 is 0 Å². The minimum Gasteiger partial charge on any atom is -0.182 e. The lowest BCUT2D eigenvalue weighted by Gasteiger charge is -1.88. The van der Waals surface area contributed by atoms with Gasteiger partial charge in [-0.1, -0.05) is 18.2 Å². The van der Waals surface area contributed by atoms with Crippen molar-refractivity contribution in [3.05, 3.63) is 30.3 Å². The highest BCUT2D eigenvalue weighted by atomic mass is 19.3. The van der Waals surface area contributed by atoms with Crippen molar-refractivity contribution in [2.24, 2.45) is 10.2 Å². The highest BCUT2D eigenvalue weighted by molar-refractivity contribution is 5.34. The molecule has 4 heteroatoms. The number of azo groups is 1. The Kier molecular flexibility index (Phi) is 2.66. The topological polar surface area (TPSA) is 24.7 Å². The SMILES string of the molecule is FC(F)N=Nc1ccccc1. The molecule has 0 saturated carbocycles. The first-order valence-electron chi connectivity index (χ1n) is 3.03. The summed E-state index contributed by atoms with van der Waals surface area (Å²) in [5, 5.41) is 5.97. The second-order valence-electron chi connectivity index (χ2n) is 1.83. The van der Waals surface area contributed by atoms with Crippen LogP contribution in [-0.4, -0.2) is 6.55 Å². The van der Waals surface area contributed by atoms with Gasteiger partial charge in [0.2, 0.25) is 0 Å². The fraction of sp³-hybridized carbons (Fsp3) is 0.143. The third-order valence-electron chi connectivity index (χ3n) is 1.02. The van der Waals surface area contributed by atoms with Crippen molar-refractivity contribution in [3.8, 4) is 0 Å². The summed E-state index contributed by atoms with van der Waals surface area (Å²) in [6.07, 6.45) is 0. The molecule has 0 spiro atoms. The van der Waals surface area contributed by atoms with Gasteiger partial charge in [-0.15, -0.1) is 5.11 Å². The van der Waals surface area contributed by atoms with E-state index < -0.39 is 6.55 Å². The smallest absolute Gasteiger partial charge is 0.182 e. The van der Waals surface area contributed by atoms with Crippen molar-refractivity contribution < 1.29 is 8.78 Å². The molecule has 1 rings (SSSR count). The standard InChI is InChI=1S/C7H6F2N2/c8-7(9)11-10-6-4-2-1-3-5-6/h1-5,7H. The van der Waals surface area contributed by atoms with E-state index in [1.54, 1.807) is 30.3 Å². The Morgan fingerprint density at radius 2 is 1.73 bits per heavy atom. The number of hydrogen-bond acceptors (Lipinski definition) is 2. The van der Waals surface area contributed by atoms with Crippen LogP contribution >= 0.6 is 0 Å². The van der Waals surface area contributed by atoms with Crippen LogP contribution in [0.15, 0.2) is 40.6 Å². The van der Waals surface area contributed by atoms with Crippen molar-refractivity contribution in [2.45, 2.75) is 6.55 Å². The molecule has 11 heavy (non-hydrogen) atoms. The zero-order valence-corrected chi connectivity index (χ0v) is 5.61. The van der Waals surface area contributed by atoms with Gasteiger partial charge in [0.1, 0.15) is 0 Å². The number of alkyl halides is 2. The molecule has 0 heterocycles. The van der Waals surface area contributed by atoms with E-state index in [-0.39, 0.29) is 0 Å². The van der Waals surface area contributed by atoms with Crippen LogP contribution in [-0.2, 0) is 0 Å². The summed E-state index contributed by atoms with van der Waals surface area (Å²) >= 11 is 0. The van der Waals surface area contributed by atoms with Crippen molar-refractivity contribution in [1.29, 1.82) is 0 Å². The Hall–Kier alpha value is -1.32. The van der Waals surface area contributed by atoms with E-state index in [1.807, 2.05) is 0 Å². The van der Waals surface area contributed by atoms with Gasteiger partial charge in [-0.05, 0) is 12.1 Å². The molecule has 0 unspecified atom stereocenters. The minimum atomic E-state index is -2.73. The molecule has 2 nitrogen and oxygen atoms in total. The van der Waals surface area contributed by atoms with Crippen LogP contribution < -0.4 is 0 Å². The van der Waals surface area contributed by atoms with Crippen LogP contribution in [0.2, 0.25) is 0 Å². The van der Waals surface area contributed by atoms with Crippen molar-refractivity contribution in [1.82, 2.24) is 0 Å². The molecule has 0 atom stereocenters. The second-order valence-corrected chi connectivity index (χ2v) is 1.83. The molecular formula is C7H6F2N2. The van der Waals surface area contributed by atoms with Crippen molar-refractivity contribution in [2.75, 3.05) is 0 Å². The van der Waals surface area contributed by atoms with Crippen LogP contribution in [0.5, 0.6) is 0 Å². The van der Waals surface area contributed by atoms with E-state index in [4.69, 9.17) is 0 Å². The molecule has 0 aromatic heterocycles.